The Hall–Kier alpha value is -1.22. The highest BCUT2D eigenvalue weighted by molar-refractivity contribution is 5.59. The van der Waals surface area contributed by atoms with Crippen molar-refractivity contribution in [1.29, 1.82) is 0 Å². The number of hydrogen-bond donors (Lipinski definition) is 3. The van der Waals surface area contributed by atoms with Gasteiger partial charge in [-0.05, 0) is 37.5 Å². The number of nitrogen functional groups attached to an aromatic ring is 1. The van der Waals surface area contributed by atoms with Crippen LogP contribution in [0, 0.1) is 12.8 Å². The summed E-state index contributed by atoms with van der Waals surface area (Å²) in [6, 6.07) is 6.04. The van der Waals surface area contributed by atoms with E-state index in [0.717, 1.165) is 11.4 Å². The van der Waals surface area contributed by atoms with Crippen molar-refractivity contribution in [3.05, 3.63) is 23.8 Å². The van der Waals surface area contributed by atoms with Crippen molar-refractivity contribution in [2.75, 3.05) is 17.7 Å². The summed E-state index contributed by atoms with van der Waals surface area (Å²) in [4.78, 5) is 0. The number of aliphatic hydroxyl groups excluding tert-OH is 1. The van der Waals surface area contributed by atoms with Crippen LogP contribution in [0.15, 0.2) is 18.2 Å². The molecule has 2 unspecified atom stereocenters. The van der Waals surface area contributed by atoms with Gasteiger partial charge in [0.15, 0.2) is 0 Å². The molecule has 0 fully saturated rings. The first-order valence-corrected chi connectivity index (χ1v) is 5.28. The molecule has 4 N–H and O–H groups in total. The van der Waals surface area contributed by atoms with Crippen molar-refractivity contribution in [3.63, 3.8) is 0 Å². The number of aliphatic hydroxyl groups is 1. The lowest BCUT2D eigenvalue weighted by Crippen LogP contribution is -2.26. The van der Waals surface area contributed by atoms with E-state index in [1.807, 2.05) is 32.0 Å². The zero-order chi connectivity index (χ0) is 11.4. The summed E-state index contributed by atoms with van der Waals surface area (Å²) in [5.74, 6) is 0.228. The van der Waals surface area contributed by atoms with Crippen molar-refractivity contribution in [2.24, 2.45) is 5.92 Å². The summed E-state index contributed by atoms with van der Waals surface area (Å²) in [6.45, 7) is 6.30. The molecule has 0 aliphatic carbocycles. The number of nitrogens with one attached hydrogen (secondary N) is 1. The van der Waals surface area contributed by atoms with E-state index in [0.29, 0.717) is 0 Å². The molecule has 0 saturated heterocycles. The van der Waals surface area contributed by atoms with Crippen molar-refractivity contribution >= 4 is 11.4 Å². The fraction of sp³-hybridized carbons (Fsp3) is 0.500. The van der Waals surface area contributed by atoms with Crippen LogP contribution < -0.4 is 11.1 Å². The van der Waals surface area contributed by atoms with E-state index >= 15 is 0 Å². The van der Waals surface area contributed by atoms with Gasteiger partial charge in [0.05, 0.1) is 0 Å². The van der Waals surface area contributed by atoms with Gasteiger partial charge in [0, 0.05) is 24.0 Å². The molecule has 0 aromatic heterocycles. The first-order valence-electron chi connectivity index (χ1n) is 5.28. The second-order valence-corrected chi connectivity index (χ2v) is 4.17. The van der Waals surface area contributed by atoms with Gasteiger partial charge in [0.2, 0.25) is 0 Å². The van der Waals surface area contributed by atoms with Gasteiger partial charge in [-0.2, -0.15) is 0 Å². The summed E-state index contributed by atoms with van der Waals surface area (Å²) in [7, 11) is 0. The van der Waals surface area contributed by atoms with Crippen molar-refractivity contribution in [3.8, 4) is 0 Å². The monoisotopic (exact) mass is 208 g/mol. The van der Waals surface area contributed by atoms with E-state index in [2.05, 4.69) is 12.2 Å². The van der Waals surface area contributed by atoms with E-state index in [4.69, 9.17) is 10.8 Å². The molecule has 0 amide bonds. The molecule has 3 heteroatoms. The van der Waals surface area contributed by atoms with E-state index in [-0.39, 0.29) is 18.6 Å². The van der Waals surface area contributed by atoms with E-state index in [1.165, 1.54) is 5.56 Å². The smallest absolute Gasteiger partial charge is 0.0476 e. The second-order valence-electron chi connectivity index (χ2n) is 4.17. The van der Waals surface area contributed by atoms with E-state index < -0.39 is 0 Å². The minimum atomic E-state index is 0.190. The lowest BCUT2D eigenvalue weighted by molar-refractivity contribution is 0.226. The number of rotatable bonds is 4. The molecule has 2 atom stereocenters. The normalized spacial score (nSPS) is 14.7. The quantitative estimate of drug-likeness (QED) is 0.663. The van der Waals surface area contributed by atoms with Gasteiger partial charge in [0.25, 0.3) is 0 Å². The Morgan fingerprint density at radius 1 is 1.40 bits per heavy atom. The Balaban J connectivity index is 2.75. The molecular formula is C12H20N2O. The summed E-state index contributed by atoms with van der Waals surface area (Å²) in [5.41, 5.74) is 8.69. The average Bonchev–Trinajstić information content (AvgIpc) is 2.22. The fourth-order valence-electron chi connectivity index (χ4n) is 1.34. The zero-order valence-corrected chi connectivity index (χ0v) is 9.62. The highest BCUT2D eigenvalue weighted by Crippen LogP contribution is 2.20. The molecule has 15 heavy (non-hydrogen) atoms. The molecule has 0 bridgehead atoms. The Morgan fingerprint density at radius 3 is 2.67 bits per heavy atom. The van der Waals surface area contributed by atoms with Crippen LogP contribution in [0.1, 0.15) is 19.4 Å². The average molecular weight is 208 g/mol. The second kappa shape index (κ2) is 5.03. The SMILES string of the molecule is Cc1ccc(N)cc1NC(C)C(C)CO. The van der Waals surface area contributed by atoms with Crippen LogP contribution in [0.2, 0.25) is 0 Å². The standard InChI is InChI=1S/C12H20N2O/c1-8-4-5-11(13)6-12(8)14-10(3)9(2)7-15/h4-6,9-10,14-15H,7,13H2,1-3H3. The largest absolute Gasteiger partial charge is 0.399 e. The van der Waals surface area contributed by atoms with E-state index in [1.54, 1.807) is 0 Å². The maximum absolute atomic E-state index is 9.04. The van der Waals surface area contributed by atoms with Crippen LogP contribution in [0.5, 0.6) is 0 Å². The minimum absolute atomic E-state index is 0.190. The molecule has 0 aliphatic rings. The van der Waals surface area contributed by atoms with Crippen LogP contribution >= 0.6 is 0 Å². The first-order chi connectivity index (χ1) is 7.04. The summed E-state index contributed by atoms with van der Waals surface area (Å²) >= 11 is 0. The molecule has 1 aromatic rings. The van der Waals surface area contributed by atoms with Gasteiger partial charge in [-0.15, -0.1) is 0 Å². The van der Waals surface area contributed by atoms with Crippen LogP contribution in [0.3, 0.4) is 0 Å². The molecule has 0 aliphatic heterocycles. The van der Waals surface area contributed by atoms with Crippen LogP contribution in [0.4, 0.5) is 11.4 Å². The Kier molecular flexibility index (Phi) is 3.97. The summed E-state index contributed by atoms with van der Waals surface area (Å²) in [5, 5.41) is 12.4. The molecular weight excluding hydrogens is 188 g/mol. The number of anilines is 2. The maximum Gasteiger partial charge on any atom is 0.0476 e. The third kappa shape index (κ3) is 3.13. The predicted octanol–water partition coefficient (Wildman–Crippen LogP) is 2.01. The molecule has 84 valence electrons. The van der Waals surface area contributed by atoms with Gasteiger partial charge < -0.3 is 16.2 Å². The third-order valence-corrected chi connectivity index (χ3v) is 2.79. The predicted molar refractivity (Wildman–Crippen MR) is 64.9 cm³/mol. The highest BCUT2D eigenvalue weighted by Gasteiger charge is 2.11. The molecule has 0 radical (unpaired) electrons. The van der Waals surface area contributed by atoms with Gasteiger partial charge in [-0.3, -0.25) is 0 Å². The van der Waals surface area contributed by atoms with Crippen molar-refractivity contribution in [2.45, 2.75) is 26.8 Å². The number of hydrogen-bond acceptors (Lipinski definition) is 3. The van der Waals surface area contributed by atoms with Crippen LogP contribution in [-0.2, 0) is 0 Å². The maximum atomic E-state index is 9.04. The molecule has 3 nitrogen and oxygen atoms in total. The number of aryl methyl sites for hydroxylation is 1. The molecule has 0 spiro atoms. The van der Waals surface area contributed by atoms with Crippen molar-refractivity contribution < 1.29 is 5.11 Å². The fourth-order valence-corrected chi connectivity index (χ4v) is 1.34. The molecule has 0 saturated carbocycles. The van der Waals surface area contributed by atoms with Crippen molar-refractivity contribution in [1.82, 2.24) is 0 Å². The lowest BCUT2D eigenvalue weighted by Gasteiger charge is -2.21. The van der Waals surface area contributed by atoms with Crippen LogP contribution in [0.25, 0.3) is 0 Å². The van der Waals surface area contributed by atoms with E-state index in [9.17, 15) is 0 Å². The summed E-state index contributed by atoms with van der Waals surface area (Å²) in [6.07, 6.45) is 0. The molecule has 1 aromatic carbocycles. The van der Waals surface area contributed by atoms with Gasteiger partial charge in [-0.1, -0.05) is 13.0 Å². The minimum Gasteiger partial charge on any atom is -0.399 e. The van der Waals surface area contributed by atoms with Gasteiger partial charge in [-0.25, -0.2) is 0 Å². The van der Waals surface area contributed by atoms with Crippen LogP contribution in [-0.4, -0.2) is 17.8 Å². The zero-order valence-electron chi connectivity index (χ0n) is 9.62. The Bertz CT molecular complexity index is 325. The van der Waals surface area contributed by atoms with Gasteiger partial charge >= 0.3 is 0 Å². The lowest BCUT2D eigenvalue weighted by atomic mass is 10.0. The Labute approximate surface area is 91.3 Å². The molecule has 1 rings (SSSR count). The number of nitrogens with two attached hydrogens (primary N) is 1. The van der Waals surface area contributed by atoms with Gasteiger partial charge in [0.1, 0.15) is 0 Å². The Morgan fingerprint density at radius 2 is 2.07 bits per heavy atom. The molecule has 0 heterocycles. The summed E-state index contributed by atoms with van der Waals surface area (Å²) < 4.78 is 0. The third-order valence-electron chi connectivity index (χ3n) is 2.79. The first kappa shape index (κ1) is 11.9. The number of benzene rings is 1. The highest BCUT2D eigenvalue weighted by atomic mass is 16.3. The topological polar surface area (TPSA) is 58.3 Å².